The summed E-state index contributed by atoms with van der Waals surface area (Å²) in [6, 6.07) is 15.5. The number of H-pyrrole nitrogens is 4. The van der Waals surface area contributed by atoms with Crippen LogP contribution in [0.25, 0.3) is 55.6 Å². The summed E-state index contributed by atoms with van der Waals surface area (Å²) < 4.78 is 91.3. The number of hydrogen-bond donors (Lipinski definition) is 4. The van der Waals surface area contributed by atoms with Gasteiger partial charge in [0.25, 0.3) is 5.91 Å². The maximum Gasteiger partial charge on any atom is 0.498 e. The van der Waals surface area contributed by atoms with Crippen LogP contribution < -0.4 is 10.9 Å². The van der Waals surface area contributed by atoms with Crippen LogP contribution in [0.2, 0.25) is 5.15 Å². The molecule has 694 valence electrons. The van der Waals surface area contributed by atoms with E-state index in [4.69, 9.17) is 57.3 Å². The van der Waals surface area contributed by atoms with Crippen LogP contribution in [0.5, 0.6) is 0 Å². The first kappa shape index (κ1) is 112. The van der Waals surface area contributed by atoms with Crippen LogP contribution in [-0.4, -0.2) is 195 Å². The third-order valence-corrected chi connectivity index (χ3v) is 23.4. The normalized spacial score (nSPS) is 17.1. The van der Waals surface area contributed by atoms with Gasteiger partial charge in [-0.05, 0) is 165 Å². The van der Waals surface area contributed by atoms with Gasteiger partial charge in [0.1, 0.15) is 52.5 Å². The van der Waals surface area contributed by atoms with E-state index in [0.717, 1.165) is 142 Å². The smallest absolute Gasteiger partial charge is 0.444 e. The summed E-state index contributed by atoms with van der Waals surface area (Å²) in [5, 5.41) is 58.9. The van der Waals surface area contributed by atoms with Crippen LogP contribution in [-0.2, 0) is 50.9 Å². The first-order valence-electron chi connectivity index (χ1n) is 40.1. The fraction of sp³-hybridized carbons (Fsp3) is 0.500. The minimum atomic E-state index is -4.96. The zero-order valence-corrected chi connectivity index (χ0v) is 76.3. The van der Waals surface area contributed by atoms with Crippen molar-refractivity contribution in [2.45, 2.75) is 261 Å². The van der Waals surface area contributed by atoms with Gasteiger partial charge in [0, 0.05) is 179 Å². The number of nitrogens with one attached hydrogen (secondary N) is 4. The van der Waals surface area contributed by atoms with Crippen molar-refractivity contribution in [3.63, 3.8) is 0 Å². The van der Waals surface area contributed by atoms with Crippen LogP contribution in [0.3, 0.4) is 0 Å². The molecule has 11 aromatic rings. The molecule has 7 fully saturated rings. The number of carbonyl (C=O) groups excluding carboxylic acids is 3. The van der Waals surface area contributed by atoms with Gasteiger partial charge in [0.15, 0.2) is 11.5 Å². The first-order valence-corrected chi connectivity index (χ1v) is 39.9. The number of likely N-dealkylation sites (tertiary alicyclic amines) is 2. The zero-order chi connectivity index (χ0) is 88.9. The van der Waals surface area contributed by atoms with Crippen LogP contribution in [0.4, 0.5) is 22.4 Å². The minimum absolute atomic E-state index is 0. The van der Waals surface area contributed by atoms with E-state index in [1.807, 2.05) is 158 Å². The molecule has 130 heavy (non-hydrogen) atoms. The van der Waals surface area contributed by atoms with E-state index in [9.17, 15) is 31.9 Å². The number of pyridine rings is 1. The molecule has 0 bridgehead atoms. The fourth-order valence-corrected chi connectivity index (χ4v) is 14.4. The number of carbonyl (C=O) groups is 3. The van der Waals surface area contributed by atoms with Gasteiger partial charge in [-0.25, -0.2) is 44.1 Å². The Morgan fingerprint density at radius 1 is 0.592 bits per heavy atom. The molecule has 42 heteroatoms. The Bertz CT molecular complexity index is 5550. The summed E-state index contributed by atoms with van der Waals surface area (Å²) in [5.74, 6) is -2.56. The number of alkyl halides is 3. The van der Waals surface area contributed by atoms with Crippen molar-refractivity contribution in [2.75, 3.05) is 26.2 Å². The van der Waals surface area contributed by atoms with Gasteiger partial charge in [-0.15, -0.1) is 12.4 Å². The molecule has 0 unspecified atom stereocenters. The Balaban J connectivity index is 0.000000393. The van der Waals surface area contributed by atoms with E-state index in [-0.39, 0.29) is 179 Å². The third kappa shape index (κ3) is 25.5. The molecule has 4 N–H and O–H groups in total. The van der Waals surface area contributed by atoms with E-state index in [0.29, 0.717) is 37.5 Å². The molecule has 4 aliphatic heterocycles. The Hall–Kier alpha value is -10.7. The molecule has 2 radical (unpaired) electrons. The Morgan fingerprint density at radius 3 is 1.38 bits per heavy atom. The summed E-state index contributed by atoms with van der Waals surface area (Å²) in [4.78, 5) is 74.1. The number of aromatic amines is 4. The van der Waals surface area contributed by atoms with Gasteiger partial charge >= 0.3 is 26.5 Å². The molecule has 3 aliphatic carbocycles. The van der Waals surface area contributed by atoms with Crippen molar-refractivity contribution in [1.82, 2.24) is 99.2 Å². The van der Waals surface area contributed by atoms with E-state index < -0.39 is 34.8 Å². The predicted octanol–water partition coefficient (Wildman–Crippen LogP) is 16.8. The molecule has 0 aromatic carbocycles. The predicted molar refractivity (Wildman–Crippen MR) is 493 cm³/mol. The molecule has 11 aromatic heterocycles. The average Bonchev–Trinajstić information content (AvgIpc) is 1.62. The standard InChI is InChI=1S/C15H22BN3O2.2C15H14N6.C12H10F4N2O2.C10H14N2O2.C9H15BN2O2.C6H4ClN3.6CH4.BH.ClH.U/c1-13(2)14(3,4)21-16(20-13)12-10-18-19(11-12)15(8-9-17)6-5-7-15;2*16-6-5-15(3-1-4-15)21-9-11(8-20-21)13-12-2-7-17-14(12)19-10-18-13;13-9-8(1-4-17-10(9)12(14,15)16)11(20)18-5-2-7(19)3-6-18;1-10(2,3)14-9(13)12-6-8(7-12)4-5-11;1-8(2)9(3,4)14-10(13-8)7-5-11-12-6-7;7-5-4-1-2-8-6(4)10-3-9-5;;;;;;;;;/h10-11H,5-8H2,1-4H3;2*2,7-10H,1,3-5H2,(H,17,18,19);1,4H,2-3,5-6H2;4H,6-7H2,1-3H3;5-6H,1-4H3,(H,11,12);1-3H,(H,8,9,10);6*1H4;2*1H;/i;;;;;;;;;;;;;1D;;. The number of rotatable bonds is 11. The molecule has 3 saturated carbocycles. The van der Waals surface area contributed by atoms with Crippen LogP contribution >= 0.6 is 24.0 Å². The Morgan fingerprint density at radius 2 is 1.00 bits per heavy atom. The molecule has 0 spiro atoms. The maximum absolute atomic E-state index is 13.8. The second-order valence-corrected chi connectivity index (χ2v) is 33.8. The second-order valence-electron chi connectivity index (χ2n) is 33.5. The molecule has 2 amide bonds. The summed E-state index contributed by atoms with van der Waals surface area (Å²) >= 11 is 5.73. The number of aromatic nitrogens is 18. The molecular formula is C88H119B3Cl2F4N24O8U. The summed E-state index contributed by atoms with van der Waals surface area (Å²) in [7, 11) is 3.06. The Kier molecular flexibility index (Phi) is 40.3. The molecule has 15 heterocycles. The van der Waals surface area contributed by atoms with Gasteiger partial charge in [0.2, 0.25) is 0 Å². The number of ether oxygens (including phenoxy) is 1. The summed E-state index contributed by atoms with van der Waals surface area (Å²) in [6.45, 7) is 23.0. The topological polar surface area (TPSA) is 419 Å². The number of hydrogen-bond acceptors (Lipinski definition) is 23. The molecule has 7 aliphatic rings. The van der Waals surface area contributed by atoms with Crippen molar-refractivity contribution in [2.24, 2.45) is 0 Å². The van der Waals surface area contributed by atoms with E-state index in [1.165, 1.54) is 17.3 Å². The van der Waals surface area contributed by atoms with Gasteiger partial charge in [0.05, 0.1) is 117 Å². The number of Topliss-reactive ketones (excluding diaryl/α,β-unsaturated/α-hetero) is 1. The number of amides is 2. The number of nitriles is 4. The second kappa shape index (κ2) is 46.9. The van der Waals surface area contributed by atoms with Gasteiger partial charge in [-0.3, -0.25) is 28.7 Å². The number of ketones is 1. The van der Waals surface area contributed by atoms with E-state index in [1.54, 1.807) is 42.3 Å². The quantitative estimate of drug-likeness (QED) is 0.0404. The first-order chi connectivity index (χ1) is 58.5. The molecule has 32 nitrogen and oxygen atoms in total. The van der Waals surface area contributed by atoms with Gasteiger partial charge < -0.3 is 48.1 Å². The number of nitrogens with zero attached hydrogens (tertiary/aromatic N) is 20. The fourth-order valence-electron chi connectivity index (χ4n) is 14.2. The largest absolute Gasteiger partial charge is 0.498 e. The molecule has 4 saturated heterocycles. The molecule has 0 atom stereocenters. The van der Waals surface area contributed by atoms with Crippen molar-refractivity contribution < 1.29 is 86.4 Å². The summed E-state index contributed by atoms with van der Waals surface area (Å²) in [6.07, 6.45) is 33.3. The monoisotopic (exact) mass is 2060 g/mol. The zero-order valence-electron chi connectivity index (χ0n) is 71.5. The van der Waals surface area contributed by atoms with Gasteiger partial charge in [-0.1, -0.05) is 56.2 Å². The Labute approximate surface area is 797 Å². The number of halogens is 6. The summed E-state index contributed by atoms with van der Waals surface area (Å²) in [5.41, 5.74) is 4.49. The van der Waals surface area contributed by atoms with Crippen molar-refractivity contribution in [3.05, 3.63) is 151 Å². The maximum atomic E-state index is 13.8. The number of piperidine rings is 1. The van der Waals surface area contributed by atoms with Crippen LogP contribution in [0.15, 0.2) is 129 Å². The van der Waals surface area contributed by atoms with Crippen molar-refractivity contribution in [3.8, 4) is 46.8 Å². The molecule has 18 rings (SSSR count). The van der Waals surface area contributed by atoms with Crippen molar-refractivity contribution in [1.29, 1.82) is 22.4 Å². The number of allylic oxidation sites excluding steroid dienone is 1. The third-order valence-electron chi connectivity index (χ3n) is 23.1. The van der Waals surface area contributed by atoms with Gasteiger partial charge in [-0.2, -0.15) is 54.6 Å². The van der Waals surface area contributed by atoms with E-state index >= 15 is 0 Å². The van der Waals surface area contributed by atoms with Crippen molar-refractivity contribution >= 4 is 108 Å². The average molecular weight is 2060 g/mol. The van der Waals surface area contributed by atoms with Crippen LogP contribution in [0.1, 0.15) is 227 Å². The minimum Gasteiger partial charge on any atom is -0.444 e. The molecular weight excluding hydrogens is 1940 g/mol. The van der Waals surface area contributed by atoms with E-state index in [2.05, 4.69) is 102 Å². The van der Waals surface area contributed by atoms with Crippen LogP contribution in [0, 0.1) is 82.3 Å². The number of fused-ring (bicyclic) bond motifs is 3. The SMILES string of the molecule is C.C.C.C.C.C.CC(C)(C)OC(=O)N1CC(=CC#N)C1.CC1(C)OB(c2cn[nH]c2)OC1(C)C.CC1(C)OB(c2cnn(C3(CC#N)CCC3)c2)OC1(C)C.Cl.Clc1ncnc2[nH]ccc12.N#CCC1(n2cc(-c3ncnc4[nH]ccc34)cn2)CCC1.N#CCC1(n2cc(-c3ncnc4[nH]ccc34)cn2)CCC1.O=C1CCN(C(=O)c2ccnc(C(F)(F)F)c2F)CC1.[2H][B].[U].